The van der Waals surface area contributed by atoms with Crippen molar-refractivity contribution in [1.82, 2.24) is 0 Å². The largest absolute Gasteiger partial charge is 0.387 e. The lowest BCUT2D eigenvalue weighted by molar-refractivity contribution is 0.191. The monoisotopic (exact) mass is 327 g/mol. The Hall–Kier alpha value is -1.46. The molecule has 0 spiro atoms. The summed E-state index contributed by atoms with van der Waals surface area (Å²) in [6.45, 7) is 0.202. The maximum absolute atomic E-state index is 13.0. The van der Waals surface area contributed by atoms with Gasteiger partial charge in [-0.1, -0.05) is 12.1 Å². The molecule has 0 heterocycles. The molecule has 0 bridgehead atoms. The normalized spacial score (nSPS) is 12.2. The van der Waals surface area contributed by atoms with E-state index >= 15 is 0 Å². The van der Waals surface area contributed by atoms with Crippen molar-refractivity contribution in [2.24, 2.45) is 0 Å². The first-order chi connectivity index (χ1) is 9.06. The zero-order valence-corrected chi connectivity index (χ0v) is 11.5. The van der Waals surface area contributed by atoms with Gasteiger partial charge in [0.05, 0.1) is 6.10 Å². The predicted molar refractivity (Wildman–Crippen MR) is 73.9 cm³/mol. The number of anilines is 1. The molecule has 0 aliphatic rings. The molecule has 2 aromatic rings. The van der Waals surface area contributed by atoms with Crippen LogP contribution in [0.1, 0.15) is 11.7 Å². The minimum Gasteiger partial charge on any atom is -0.387 e. The quantitative estimate of drug-likeness (QED) is 0.893. The van der Waals surface area contributed by atoms with Crippen molar-refractivity contribution in [2.75, 3.05) is 11.9 Å². The maximum atomic E-state index is 13.0. The van der Waals surface area contributed by atoms with Crippen LogP contribution in [0.25, 0.3) is 0 Å². The average molecular weight is 328 g/mol. The molecule has 1 unspecified atom stereocenters. The Morgan fingerprint density at radius 1 is 1.11 bits per heavy atom. The fourth-order valence-corrected chi connectivity index (χ4v) is 2.16. The molecular formula is C14H12BrF2NO. The summed E-state index contributed by atoms with van der Waals surface area (Å²) in [5, 5.41) is 12.9. The van der Waals surface area contributed by atoms with Crippen LogP contribution in [0.3, 0.4) is 0 Å². The summed E-state index contributed by atoms with van der Waals surface area (Å²) in [4.78, 5) is 0. The Morgan fingerprint density at radius 3 is 2.53 bits per heavy atom. The van der Waals surface area contributed by atoms with E-state index in [2.05, 4.69) is 21.2 Å². The molecule has 19 heavy (non-hydrogen) atoms. The van der Waals surface area contributed by atoms with E-state index in [0.717, 1.165) is 0 Å². The first-order valence-electron chi connectivity index (χ1n) is 5.69. The summed E-state index contributed by atoms with van der Waals surface area (Å²) in [5.41, 5.74) is 1.16. The predicted octanol–water partition coefficient (Wildman–Crippen LogP) is 3.87. The van der Waals surface area contributed by atoms with Crippen LogP contribution in [-0.4, -0.2) is 11.7 Å². The van der Waals surface area contributed by atoms with Crippen LogP contribution in [0, 0.1) is 11.6 Å². The third kappa shape index (κ3) is 3.75. The lowest BCUT2D eigenvalue weighted by Gasteiger charge is -2.14. The van der Waals surface area contributed by atoms with E-state index in [1.807, 2.05) is 0 Å². The van der Waals surface area contributed by atoms with Crippen LogP contribution in [0.2, 0.25) is 0 Å². The highest BCUT2D eigenvalue weighted by Crippen LogP contribution is 2.24. The summed E-state index contributed by atoms with van der Waals surface area (Å²) in [6, 6.07) is 10.0. The van der Waals surface area contributed by atoms with Crippen molar-refractivity contribution in [3.63, 3.8) is 0 Å². The highest BCUT2D eigenvalue weighted by Gasteiger charge is 2.09. The molecule has 0 radical (unpaired) electrons. The Bertz CT molecular complexity index is 577. The van der Waals surface area contributed by atoms with Gasteiger partial charge in [0.1, 0.15) is 11.6 Å². The topological polar surface area (TPSA) is 32.3 Å². The van der Waals surface area contributed by atoms with E-state index in [4.69, 9.17) is 0 Å². The van der Waals surface area contributed by atoms with Crippen molar-refractivity contribution in [3.8, 4) is 0 Å². The molecule has 5 heteroatoms. The van der Waals surface area contributed by atoms with Gasteiger partial charge in [-0.25, -0.2) is 8.78 Å². The van der Waals surface area contributed by atoms with E-state index in [1.54, 1.807) is 18.2 Å². The fraction of sp³-hybridized carbons (Fsp3) is 0.143. The smallest absolute Gasteiger partial charge is 0.124 e. The molecule has 2 N–H and O–H groups in total. The third-order valence-electron chi connectivity index (χ3n) is 2.65. The van der Waals surface area contributed by atoms with Crippen molar-refractivity contribution < 1.29 is 13.9 Å². The summed E-state index contributed by atoms with van der Waals surface area (Å²) >= 11 is 3.22. The Kier molecular flexibility index (Phi) is 4.50. The van der Waals surface area contributed by atoms with Crippen LogP contribution in [0.4, 0.5) is 14.5 Å². The lowest BCUT2D eigenvalue weighted by Crippen LogP contribution is -2.12. The van der Waals surface area contributed by atoms with E-state index in [-0.39, 0.29) is 18.2 Å². The summed E-state index contributed by atoms with van der Waals surface area (Å²) in [6.07, 6.45) is -0.840. The number of hydrogen-bond donors (Lipinski definition) is 2. The third-order valence-corrected chi connectivity index (χ3v) is 3.31. The van der Waals surface area contributed by atoms with Crippen LogP contribution in [0.15, 0.2) is 46.9 Å². The maximum Gasteiger partial charge on any atom is 0.124 e. The number of aliphatic hydroxyl groups excluding tert-OH is 1. The zero-order chi connectivity index (χ0) is 13.8. The molecule has 0 aliphatic carbocycles. The number of hydrogen-bond acceptors (Lipinski definition) is 2. The summed E-state index contributed by atoms with van der Waals surface area (Å²) in [5.74, 6) is -0.734. The molecular weight excluding hydrogens is 316 g/mol. The molecule has 0 saturated carbocycles. The molecule has 2 rings (SSSR count). The van der Waals surface area contributed by atoms with Crippen molar-refractivity contribution in [1.29, 1.82) is 0 Å². The zero-order valence-electron chi connectivity index (χ0n) is 9.91. The second-order valence-corrected chi connectivity index (χ2v) is 4.93. The van der Waals surface area contributed by atoms with Crippen molar-refractivity contribution in [2.45, 2.75) is 6.10 Å². The molecule has 0 fully saturated rings. The Morgan fingerprint density at radius 2 is 1.84 bits per heavy atom. The highest BCUT2D eigenvalue weighted by atomic mass is 79.9. The minimum absolute atomic E-state index is 0.202. The van der Waals surface area contributed by atoms with Gasteiger partial charge >= 0.3 is 0 Å². The second-order valence-electron chi connectivity index (χ2n) is 4.08. The molecule has 0 aromatic heterocycles. The Labute approximate surface area is 118 Å². The Balaban J connectivity index is 2.02. The number of halogens is 3. The van der Waals surface area contributed by atoms with Gasteiger partial charge < -0.3 is 10.4 Å². The van der Waals surface area contributed by atoms with E-state index < -0.39 is 6.10 Å². The molecule has 1 atom stereocenters. The van der Waals surface area contributed by atoms with Gasteiger partial charge in [-0.3, -0.25) is 0 Å². The van der Waals surface area contributed by atoms with Crippen LogP contribution < -0.4 is 5.32 Å². The standard InChI is InChI=1S/C14H12BrF2NO/c15-12-7-11(17)4-5-13(12)18-8-14(19)9-2-1-3-10(16)6-9/h1-7,14,18-19H,8H2. The van der Waals surface area contributed by atoms with Gasteiger partial charge in [0, 0.05) is 16.7 Å². The molecule has 2 nitrogen and oxygen atoms in total. The van der Waals surface area contributed by atoms with E-state index in [9.17, 15) is 13.9 Å². The highest BCUT2D eigenvalue weighted by molar-refractivity contribution is 9.10. The number of benzene rings is 2. The van der Waals surface area contributed by atoms with E-state index in [0.29, 0.717) is 15.7 Å². The SMILES string of the molecule is OC(CNc1ccc(F)cc1Br)c1cccc(F)c1. The van der Waals surface area contributed by atoms with Crippen LogP contribution in [0.5, 0.6) is 0 Å². The second kappa shape index (κ2) is 6.12. The van der Waals surface area contributed by atoms with Crippen molar-refractivity contribution >= 4 is 21.6 Å². The first kappa shape index (κ1) is 14.0. The van der Waals surface area contributed by atoms with Crippen molar-refractivity contribution in [3.05, 3.63) is 64.1 Å². The molecule has 100 valence electrons. The van der Waals surface area contributed by atoms with Gasteiger partial charge in [-0.2, -0.15) is 0 Å². The number of rotatable bonds is 4. The molecule has 2 aromatic carbocycles. The summed E-state index contributed by atoms with van der Waals surface area (Å²) in [7, 11) is 0. The fourth-order valence-electron chi connectivity index (χ4n) is 1.67. The van der Waals surface area contributed by atoms with Crippen LogP contribution in [-0.2, 0) is 0 Å². The van der Waals surface area contributed by atoms with Crippen LogP contribution >= 0.6 is 15.9 Å². The summed E-state index contributed by atoms with van der Waals surface area (Å²) < 4.78 is 26.5. The van der Waals surface area contributed by atoms with Gasteiger partial charge in [0.2, 0.25) is 0 Å². The molecule has 0 amide bonds. The van der Waals surface area contributed by atoms with Gasteiger partial charge in [0.15, 0.2) is 0 Å². The van der Waals surface area contributed by atoms with Gasteiger partial charge in [-0.05, 0) is 51.8 Å². The minimum atomic E-state index is -0.840. The number of aliphatic hydroxyl groups is 1. The number of nitrogens with one attached hydrogen (secondary N) is 1. The molecule has 0 aliphatic heterocycles. The first-order valence-corrected chi connectivity index (χ1v) is 6.48. The van der Waals surface area contributed by atoms with Gasteiger partial charge in [0.25, 0.3) is 0 Å². The van der Waals surface area contributed by atoms with Gasteiger partial charge in [-0.15, -0.1) is 0 Å². The lowest BCUT2D eigenvalue weighted by atomic mass is 10.1. The van der Waals surface area contributed by atoms with E-state index in [1.165, 1.54) is 24.3 Å². The molecule has 0 saturated heterocycles. The average Bonchev–Trinajstić information content (AvgIpc) is 2.37.